The van der Waals surface area contributed by atoms with E-state index in [2.05, 4.69) is 0 Å². The Morgan fingerprint density at radius 3 is 0.833 bits per heavy atom. The van der Waals surface area contributed by atoms with Crippen LogP contribution >= 0.6 is 0 Å². The molecule has 0 unspecified atom stereocenters. The van der Waals surface area contributed by atoms with Crippen LogP contribution < -0.4 is 0 Å². The molecule has 0 aliphatic carbocycles. The normalized spacial score (nSPS) is 21.0. The first-order valence-electron chi connectivity index (χ1n) is 4.20. The van der Waals surface area contributed by atoms with Gasteiger partial charge in [-0.25, -0.2) is 0 Å². The van der Waals surface area contributed by atoms with Crippen LogP contribution in [0.5, 0.6) is 0 Å². The Morgan fingerprint density at radius 1 is 0.500 bits per heavy atom. The summed E-state index contributed by atoms with van der Waals surface area (Å²) in [7, 11) is 0. The van der Waals surface area contributed by atoms with E-state index in [1.54, 1.807) is 0 Å². The van der Waals surface area contributed by atoms with Crippen molar-refractivity contribution in [3.05, 3.63) is 0 Å². The highest BCUT2D eigenvalue weighted by Crippen LogP contribution is 2.06. The molecule has 0 bridgehead atoms. The molecule has 1 aliphatic heterocycles. The van der Waals surface area contributed by atoms with E-state index < -0.39 is 59.3 Å². The highest BCUT2D eigenvalue weighted by atomic mass is 27.4. The first-order valence-corrected chi connectivity index (χ1v) is 12.6. The van der Waals surface area contributed by atoms with Gasteiger partial charge in [0.25, 0.3) is 0 Å². The first-order chi connectivity index (χ1) is 5.58. The average molecular weight is 232 g/mol. The second-order valence-corrected chi connectivity index (χ2v) is 11.7. The van der Waals surface area contributed by atoms with Crippen molar-refractivity contribution >= 4 is 59.3 Å². The van der Waals surface area contributed by atoms with Crippen LogP contribution in [-0.4, -0.2) is 59.3 Å². The summed E-state index contributed by atoms with van der Waals surface area (Å²) >= 11 is -5.66. The lowest BCUT2D eigenvalue weighted by Gasteiger charge is -2.25. The Morgan fingerprint density at radius 2 is 0.667 bits per heavy atom. The van der Waals surface area contributed by atoms with Gasteiger partial charge in [-0.2, -0.15) is 0 Å². The van der Waals surface area contributed by atoms with Crippen molar-refractivity contribution in [1.29, 1.82) is 0 Å². The van der Waals surface area contributed by atoms with Crippen LogP contribution in [-0.2, 0) is 11.4 Å². The van der Waals surface area contributed by atoms with Crippen molar-refractivity contribution in [3.63, 3.8) is 0 Å². The third-order valence-electron chi connectivity index (χ3n) is 1.53. The van der Waals surface area contributed by atoms with Gasteiger partial charge in [0.05, 0.1) is 0 Å². The fraction of sp³-hybridized carbons (Fsp3) is 1.00. The summed E-state index contributed by atoms with van der Waals surface area (Å²) in [6.45, 7) is 0. The summed E-state index contributed by atoms with van der Waals surface area (Å²) in [6, 6.07) is 0. The molecule has 1 rings (SSSR count). The van der Waals surface area contributed by atoms with E-state index >= 15 is 0 Å². The van der Waals surface area contributed by atoms with E-state index in [1.807, 2.05) is 23.1 Å². The number of hydrogen-bond acceptors (Lipinski definition) is 4. The van der Waals surface area contributed by atoms with Crippen LogP contribution in [0.15, 0.2) is 0 Å². The third kappa shape index (κ3) is 4.46. The van der Waals surface area contributed by atoms with Crippen molar-refractivity contribution in [2.75, 3.05) is 0 Å². The lowest BCUT2D eigenvalue weighted by molar-refractivity contribution is 0.295. The van der Waals surface area contributed by atoms with Crippen LogP contribution in [0, 0.1) is 0 Å². The van der Waals surface area contributed by atoms with Gasteiger partial charge in [-0.15, -0.1) is 0 Å². The molecule has 1 fully saturated rings. The standard InChI is InChI=1S/4CH3.4Al.4O/h4*1H3;;;;;;;;. The topological polar surface area (TPSA) is 36.9 Å². The Kier molecular flexibility index (Phi) is 5.77. The zero-order chi connectivity index (χ0) is 9.14. The van der Waals surface area contributed by atoms with E-state index in [4.69, 9.17) is 11.4 Å². The molecule has 0 aromatic heterocycles. The van der Waals surface area contributed by atoms with Crippen molar-refractivity contribution in [2.24, 2.45) is 0 Å². The molecule has 0 aromatic carbocycles. The van der Waals surface area contributed by atoms with Gasteiger partial charge in [0.1, 0.15) is 0 Å². The van der Waals surface area contributed by atoms with Crippen LogP contribution in [0.25, 0.3) is 0 Å². The summed E-state index contributed by atoms with van der Waals surface area (Å²) in [5.41, 5.74) is 0. The molecule has 0 radical (unpaired) electrons. The largest absolute Gasteiger partial charge is 0.612 e. The summed E-state index contributed by atoms with van der Waals surface area (Å²) in [4.78, 5) is 0. The Balaban J connectivity index is 2.45. The maximum atomic E-state index is 5.65. The van der Waals surface area contributed by atoms with Gasteiger partial charge < -0.3 is 11.4 Å². The minimum atomic E-state index is -1.42. The summed E-state index contributed by atoms with van der Waals surface area (Å²) < 4.78 is 22.6. The molecule has 12 heavy (non-hydrogen) atoms. The monoisotopic (exact) mass is 232 g/mol. The molecular formula is C4H12Al4O4. The van der Waals surface area contributed by atoms with Gasteiger partial charge >= 0.3 is 59.3 Å². The molecule has 0 N–H and O–H groups in total. The SMILES string of the molecule is [CH3][Al]1[O][Al]([CH3])[O][Al]([CH3])[O][Al]([CH3])[O]1. The van der Waals surface area contributed by atoms with E-state index in [0.717, 1.165) is 0 Å². The summed E-state index contributed by atoms with van der Waals surface area (Å²) in [5.74, 6) is 8.16. The van der Waals surface area contributed by atoms with E-state index in [-0.39, 0.29) is 0 Å². The minimum absolute atomic E-state index is 1.42. The van der Waals surface area contributed by atoms with Crippen molar-refractivity contribution in [2.45, 2.75) is 23.1 Å². The maximum Gasteiger partial charge on any atom is 0.612 e. The molecule has 8 heteroatoms. The number of rotatable bonds is 0. The molecule has 64 valence electrons. The van der Waals surface area contributed by atoms with Gasteiger partial charge in [0, 0.05) is 0 Å². The highest BCUT2D eigenvalue weighted by molar-refractivity contribution is 6.72. The second-order valence-electron chi connectivity index (χ2n) is 2.81. The van der Waals surface area contributed by atoms with Crippen LogP contribution in [0.2, 0.25) is 23.1 Å². The molecule has 1 aliphatic rings. The summed E-state index contributed by atoms with van der Waals surface area (Å²) in [6.07, 6.45) is 0. The van der Waals surface area contributed by atoms with Gasteiger partial charge in [0.2, 0.25) is 0 Å². The minimum Gasteiger partial charge on any atom is -0.594 e. The number of hydrogen-bond donors (Lipinski definition) is 0. The molecule has 1 heterocycles. The molecule has 0 amide bonds. The second kappa shape index (κ2) is 5.75. The van der Waals surface area contributed by atoms with Crippen LogP contribution in [0.4, 0.5) is 0 Å². The molecule has 0 atom stereocenters. The zero-order valence-corrected chi connectivity index (χ0v) is 12.6. The van der Waals surface area contributed by atoms with Crippen molar-refractivity contribution in [1.82, 2.24) is 0 Å². The Hall–Kier alpha value is 1.97. The molecule has 0 spiro atoms. The van der Waals surface area contributed by atoms with Crippen molar-refractivity contribution in [3.8, 4) is 0 Å². The lowest BCUT2D eigenvalue weighted by Crippen LogP contribution is -2.44. The highest BCUT2D eigenvalue weighted by Gasteiger charge is 2.38. The molecule has 0 saturated carbocycles. The maximum absolute atomic E-state index is 5.65. The Labute approximate surface area is 93.0 Å². The fourth-order valence-corrected chi connectivity index (χ4v) is 13.2. The van der Waals surface area contributed by atoms with Crippen LogP contribution in [0.1, 0.15) is 0 Å². The molecular weight excluding hydrogens is 220 g/mol. The lowest BCUT2D eigenvalue weighted by atomic mass is 11.9. The van der Waals surface area contributed by atoms with Crippen LogP contribution in [0.3, 0.4) is 0 Å². The van der Waals surface area contributed by atoms with Gasteiger partial charge in [-0.05, 0) is 0 Å². The smallest absolute Gasteiger partial charge is 0.594 e. The molecule has 0 aromatic rings. The zero-order valence-electron chi connectivity index (χ0n) is 7.94. The third-order valence-corrected chi connectivity index (χ3v) is 13.8. The average Bonchev–Trinajstić information content (AvgIpc) is 1.81. The quantitative estimate of drug-likeness (QED) is 0.571. The van der Waals surface area contributed by atoms with Gasteiger partial charge in [-0.1, -0.05) is 23.1 Å². The predicted molar refractivity (Wildman–Crippen MR) is 50.8 cm³/mol. The van der Waals surface area contributed by atoms with Gasteiger partial charge in [0.15, 0.2) is 0 Å². The fourth-order valence-electron chi connectivity index (χ4n) is 1.21. The Bertz CT molecular complexity index is 107. The van der Waals surface area contributed by atoms with Crippen molar-refractivity contribution < 1.29 is 11.4 Å². The summed E-state index contributed by atoms with van der Waals surface area (Å²) in [5, 5.41) is 0. The van der Waals surface area contributed by atoms with E-state index in [0.29, 0.717) is 0 Å². The predicted octanol–water partition coefficient (Wildman–Crippen LogP) is 0.538. The van der Waals surface area contributed by atoms with Gasteiger partial charge in [-0.3, -0.25) is 0 Å². The van der Waals surface area contributed by atoms with E-state index in [1.165, 1.54) is 0 Å². The first kappa shape index (κ1) is 12.0. The van der Waals surface area contributed by atoms with E-state index in [9.17, 15) is 0 Å². The molecule has 1 saturated heterocycles. The molecule has 4 nitrogen and oxygen atoms in total.